The Kier molecular flexibility index (Phi) is 19.7. The number of hydrogen-bond donors (Lipinski definition) is 0. The molecule has 0 aliphatic carbocycles. The zero-order valence-corrected chi connectivity index (χ0v) is 73.3. The Morgan fingerprint density at radius 1 is 0.133 bits per heavy atom. The highest BCUT2D eigenvalue weighted by Crippen LogP contribution is 2.45. The number of para-hydroxylation sites is 3. The van der Waals surface area contributed by atoms with Gasteiger partial charge < -0.3 is 13.7 Å². The molecule has 6 aromatic heterocycles. The lowest BCUT2D eigenvalue weighted by Crippen LogP contribution is -1.98. The lowest BCUT2D eigenvalue weighted by atomic mass is 10.00. The number of benzene rings is 21. The molecule has 6 heterocycles. The number of nitrogens with zero attached hydrogens (tertiary/aromatic N) is 9. The minimum atomic E-state index is 0.727. The Hall–Kier alpha value is -18.2. The fourth-order valence-corrected chi connectivity index (χ4v) is 20.0. The summed E-state index contributed by atoms with van der Waals surface area (Å²) in [6, 6.07) is 174. The van der Waals surface area contributed by atoms with Gasteiger partial charge in [0.2, 0.25) is 0 Å². The Bertz CT molecular complexity index is 9120. The van der Waals surface area contributed by atoms with Crippen LogP contribution in [-0.4, -0.2) is 43.6 Å². The van der Waals surface area contributed by atoms with E-state index in [1.165, 1.54) is 98.8 Å². The van der Waals surface area contributed by atoms with Crippen molar-refractivity contribution in [1.29, 1.82) is 0 Å². The molecule has 0 spiro atoms. The summed E-state index contributed by atoms with van der Waals surface area (Å²) in [7, 11) is 0. The first kappa shape index (κ1) is 79.0. The van der Waals surface area contributed by atoms with E-state index in [1.807, 2.05) is 72.8 Å². The highest BCUT2D eigenvalue weighted by molar-refractivity contribution is 6.18. The average Bonchev–Trinajstić information content (AvgIpc) is 1.65. The lowest BCUT2D eigenvalue weighted by Gasteiger charge is -2.15. The van der Waals surface area contributed by atoms with Gasteiger partial charge in [0.05, 0.1) is 72.4 Å². The summed E-state index contributed by atoms with van der Waals surface area (Å²) < 4.78 is 7.17. The molecule has 0 saturated carbocycles. The van der Waals surface area contributed by atoms with Gasteiger partial charge in [-0.3, -0.25) is 0 Å². The second kappa shape index (κ2) is 33.7. The molecule has 21 aromatic carbocycles. The quantitative estimate of drug-likeness (QED) is 0.113. The predicted octanol–water partition coefficient (Wildman–Crippen LogP) is 32.6. The summed E-state index contributed by atoms with van der Waals surface area (Å²) in [5.41, 5.74) is 29.7. The third-order valence-corrected chi connectivity index (χ3v) is 26.4. The summed E-state index contributed by atoms with van der Waals surface area (Å²) >= 11 is 0. The molecular weight excluding hydrogens is 1640 g/mol. The third kappa shape index (κ3) is 14.2. The van der Waals surface area contributed by atoms with Gasteiger partial charge in [-0.25, -0.2) is 29.9 Å². The van der Waals surface area contributed by atoms with Crippen LogP contribution in [0.1, 0.15) is 0 Å². The van der Waals surface area contributed by atoms with E-state index in [4.69, 9.17) is 29.9 Å². The van der Waals surface area contributed by atoms with Crippen molar-refractivity contribution in [3.8, 4) is 118 Å². The van der Waals surface area contributed by atoms with E-state index in [1.54, 1.807) is 0 Å². The molecule has 9 nitrogen and oxygen atoms in total. The van der Waals surface area contributed by atoms with Crippen LogP contribution in [0.3, 0.4) is 0 Å². The van der Waals surface area contributed by atoms with Crippen LogP contribution < -0.4 is 0 Å². The number of rotatable bonds is 12. The van der Waals surface area contributed by atoms with E-state index in [9.17, 15) is 0 Å². The van der Waals surface area contributed by atoms with E-state index in [0.717, 1.165) is 150 Å². The van der Waals surface area contributed by atoms with Crippen molar-refractivity contribution in [2.24, 2.45) is 0 Å². The van der Waals surface area contributed by atoms with Gasteiger partial charge in [0.1, 0.15) is 0 Å². The van der Waals surface area contributed by atoms with Crippen molar-refractivity contribution >= 4 is 130 Å². The molecule has 0 aliphatic heterocycles. The van der Waals surface area contributed by atoms with Crippen LogP contribution in [0.2, 0.25) is 0 Å². The van der Waals surface area contributed by atoms with Crippen LogP contribution in [0.25, 0.3) is 249 Å². The fourth-order valence-electron chi connectivity index (χ4n) is 20.0. The Balaban J connectivity index is 0.000000108. The van der Waals surface area contributed by atoms with Crippen molar-refractivity contribution < 1.29 is 0 Å². The van der Waals surface area contributed by atoms with E-state index in [-0.39, 0.29) is 0 Å². The van der Waals surface area contributed by atoms with E-state index < -0.39 is 0 Å². The zero-order valence-electron chi connectivity index (χ0n) is 73.3. The maximum Gasteiger partial charge on any atom is 0.160 e. The molecule has 0 amide bonds. The van der Waals surface area contributed by atoms with Crippen LogP contribution >= 0.6 is 0 Å². The molecule has 0 unspecified atom stereocenters. The van der Waals surface area contributed by atoms with Crippen LogP contribution in [-0.2, 0) is 0 Å². The zero-order chi connectivity index (χ0) is 89.2. The van der Waals surface area contributed by atoms with Gasteiger partial charge >= 0.3 is 0 Å². The van der Waals surface area contributed by atoms with Crippen LogP contribution in [0.5, 0.6) is 0 Å². The van der Waals surface area contributed by atoms with Gasteiger partial charge in [-0.2, -0.15) is 0 Å². The van der Waals surface area contributed by atoms with Gasteiger partial charge in [-0.1, -0.05) is 388 Å². The molecule has 0 aliphatic rings. The standard InChI is InChI=1S/3C42H27N3/c1-4-13-28(14-5-1)31-23-26-39-36(27-31)32-19-10-11-21-37(32)45(39)38-22-12-20-34-33(38)24-25-35-40(29-15-6-2-7-16-29)43-42(44-41(34)35)30-17-8-3-9-18-30;1-4-12-28(13-5-1)31-21-25-39-37(27-31)35-18-10-11-19-38(35)45(39)33-22-24-34-32(26-33)20-23-36-40(29-14-6-2-7-15-29)43-42(44-41(34)36)30-16-8-3-9-17-30;1-4-12-28(13-5-1)32-22-25-39-37(26-32)34-18-10-11-19-38(34)45(39)33-23-20-29-21-24-35-40(30-14-6-2-7-15-30)43-42(31-16-8-3-9-17-31)44-41(35)36(29)27-33/h3*1-27H. The Labute approximate surface area is 778 Å². The van der Waals surface area contributed by atoms with Crippen molar-refractivity contribution in [2.45, 2.75) is 0 Å². The van der Waals surface area contributed by atoms with Gasteiger partial charge in [0.15, 0.2) is 17.5 Å². The molecule has 27 rings (SSSR count). The molecule has 0 atom stereocenters. The normalized spacial score (nSPS) is 11.6. The smallest absolute Gasteiger partial charge is 0.160 e. The van der Waals surface area contributed by atoms with Gasteiger partial charge in [-0.15, -0.1) is 0 Å². The SMILES string of the molecule is c1ccc(-c2ccc3c(c2)c2ccccc2n3-c2ccc3c(ccc4c(-c5ccccc5)nc(-c5ccccc5)nc43)c2)cc1.c1ccc(-c2ccc3c(c2)c2ccccc2n3-c2ccc3ccc4c(-c5ccccc5)nc(-c5ccccc5)nc4c3c2)cc1.c1ccc(-c2ccc3c(c2)c2ccccc2n3-c2cccc3c2ccc2c(-c4ccccc4)nc(-c4ccccc4)nc23)cc1. The van der Waals surface area contributed by atoms with Crippen molar-refractivity contribution in [1.82, 2.24) is 43.6 Å². The average molecular weight is 1720 g/mol. The Morgan fingerprint density at radius 3 is 0.822 bits per heavy atom. The van der Waals surface area contributed by atoms with Crippen LogP contribution in [0, 0.1) is 0 Å². The summed E-state index contributed by atoms with van der Waals surface area (Å²) in [4.78, 5) is 31.0. The second-order valence-electron chi connectivity index (χ2n) is 34.3. The van der Waals surface area contributed by atoms with E-state index in [2.05, 4.69) is 432 Å². The predicted molar refractivity (Wildman–Crippen MR) is 563 cm³/mol. The molecule has 0 N–H and O–H groups in total. The molecule has 27 aromatic rings. The Morgan fingerprint density at radius 2 is 0.415 bits per heavy atom. The summed E-state index contributed by atoms with van der Waals surface area (Å²) in [6.45, 7) is 0. The monoisotopic (exact) mass is 1720 g/mol. The first-order chi connectivity index (χ1) is 67.0. The van der Waals surface area contributed by atoms with Crippen LogP contribution in [0.15, 0.2) is 491 Å². The largest absolute Gasteiger partial charge is 0.309 e. The molecular formula is C126H81N9. The number of fused-ring (bicyclic) bond motifs is 18. The van der Waals surface area contributed by atoms with Crippen molar-refractivity contribution in [3.63, 3.8) is 0 Å². The maximum absolute atomic E-state index is 5.23. The van der Waals surface area contributed by atoms with Crippen LogP contribution in [0.4, 0.5) is 0 Å². The molecule has 9 heteroatoms. The van der Waals surface area contributed by atoms with Gasteiger partial charge in [0.25, 0.3) is 0 Å². The fraction of sp³-hybridized carbons (Fsp3) is 0. The summed E-state index contributed by atoms with van der Waals surface area (Å²) in [5.74, 6) is 2.19. The molecule has 630 valence electrons. The van der Waals surface area contributed by atoms with Gasteiger partial charge in [0, 0.05) is 115 Å². The molecule has 0 bridgehead atoms. The summed E-state index contributed by atoms with van der Waals surface area (Å²) in [5, 5.41) is 17.3. The van der Waals surface area contributed by atoms with Crippen molar-refractivity contribution in [3.05, 3.63) is 491 Å². The third-order valence-electron chi connectivity index (χ3n) is 26.4. The van der Waals surface area contributed by atoms with Gasteiger partial charge in [-0.05, 0) is 147 Å². The first-order valence-corrected chi connectivity index (χ1v) is 45.8. The molecule has 0 saturated heterocycles. The highest BCUT2D eigenvalue weighted by atomic mass is 15.0. The highest BCUT2D eigenvalue weighted by Gasteiger charge is 2.24. The minimum Gasteiger partial charge on any atom is -0.309 e. The summed E-state index contributed by atoms with van der Waals surface area (Å²) in [6.07, 6.45) is 0. The topological polar surface area (TPSA) is 92.1 Å². The lowest BCUT2D eigenvalue weighted by molar-refractivity contribution is 1.18. The second-order valence-corrected chi connectivity index (χ2v) is 34.3. The number of aromatic nitrogens is 9. The maximum atomic E-state index is 5.23. The van der Waals surface area contributed by atoms with E-state index in [0.29, 0.717) is 0 Å². The molecule has 0 radical (unpaired) electrons. The minimum absolute atomic E-state index is 0.727. The molecule has 135 heavy (non-hydrogen) atoms. The molecule has 0 fully saturated rings. The van der Waals surface area contributed by atoms with E-state index >= 15 is 0 Å². The number of hydrogen-bond acceptors (Lipinski definition) is 6. The first-order valence-electron chi connectivity index (χ1n) is 45.8. The van der Waals surface area contributed by atoms with Crippen molar-refractivity contribution in [2.75, 3.05) is 0 Å².